The fourth-order valence-corrected chi connectivity index (χ4v) is 3.98. The number of nitrogens with one attached hydrogen (secondary N) is 1. The molecule has 30 heavy (non-hydrogen) atoms. The van der Waals surface area contributed by atoms with Crippen LogP contribution in [0.3, 0.4) is 0 Å². The van der Waals surface area contributed by atoms with Crippen LogP contribution < -0.4 is 5.32 Å². The Balaban J connectivity index is 1.53. The highest BCUT2D eigenvalue weighted by Crippen LogP contribution is 2.28. The van der Waals surface area contributed by atoms with Crippen molar-refractivity contribution in [3.05, 3.63) is 71.5 Å². The van der Waals surface area contributed by atoms with Crippen molar-refractivity contribution in [1.29, 1.82) is 0 Å². The molecule has 2 heterocycles. The van der Waals surface area contributed by atoms with E-state index in [1.165, 1.54) is 18.7 Å². The molecule has 2 aromatic heterocycles. The zero-order valence-corrected chi connectivity index (χ0v) is 17.9. The molecule has 0 aliphatic rings. The topological polar surface area (TPSA) is 85.8 Å². The summed E-state index contributed by atoms with van der Waals surface area (Å²) >= 11 is 7.52. The van der Waals surface area contributed by atoms with E-state index in [1.807, 2.05) is 60.0 Å². The lowest BCUT2D eigenvalue weighted by molar-refractivity contribution is -0.114. The molecule has 2 aromatic carbocycles. The van der Waals surface area contributed by atoms with Crippen LogP contribution in [0.5, 0.6) is 0 Å². The Labute approximate surface area is 182 Å². The molecule has 0 aliphatic carbocycles. The minimum absolute atomic E-state index is 0.123. The van der Waals surface area contributed by atoms with Gasteiger partial charge in [0.1, 0.15) is 5.82 Å². The molecular formula is C21H18ClN5O2S. The van der Waals surface area contributed by atoms with Crippen LogP contribution in [0.1, 0.15) is 18.6 Å². The molecule has 0 fully saturated rings. The van der Waals surface area contributed by atoms with Gasteiger partial charge in [0.25, 0.3) is 0 Å². The van der Waals surface area contributed by atoms with Crippen molar-refractivity contribution in [2.24, 2.45) is 0 Å². The van der Waals surface area contributed by atoms with Crippen LogP contribution in [0.25, 0.3) is 17.0 Å². The Kier molecular flexibility index (Phi) is 5.87. The van der Waals surface area contributed by atoms with Crippen molar-refractivity contribution >= 4 is 35.0 Å². The van der Waals surface area contributed by atoms with Gasteiger partial charge in [0.2, 0.25) is 11.8 Å². The quantitative estimate of drug-likeness (QED) is 0.419. The Bertz CT molecular complexity index is 1200. The largest absolute Gasteiger partial charge is 0.440 e. The number of carbonyl (C=O) groups is 1. The molecule has 7 nitrogen and oxygen atoms in total. The first-order valence-corrected chi connectivity index (χ1v) is 10.5. The van der Waals surface area contributed by atoms with E-state index < -0.39 is 0 Å². The van der Waals surface area contributed by atoms with Crippen molar-refractivity contribution in [1.82, 2.24) is 19.7 Å². The third-order valence-electron chi connectivity index (χ3n) is 4.21. The number of anilines is 1. The van der Waals surface area contributed by atoms with Crippen LogP contribution >= 0.6 is 23.4 Å². The summed E-state index contributed by atoms with van der Waals surface area (Å²) in [5.41, 5.74) is 2.45. The number of thioether (sulfide) groups is 1. The van der Waals surface area contributed by atoms with Gasteiger partial charge < -0.3 is 9.73 Å². The molecule has 0 saturated heterocycles. The van der Waals surface area contributed by atoms with Crippen LogP contribution in [-0.2, 0) is 10.5 Å². The van der Waals surface area contributed by atoms with Crippen molar-refractivity contribution in [2.75, 3.05) is 5.32 Å². The minimum atomic E-state index is -0.123. The highest BCUT2D eigenvalue weighted by molar-refractivity contribution is 7.98. The number of halogens is 1. The Morgan fingerprint density at radius 2 is 2.03 bits per heavy atom. The van der Waals surface area contributed by atoms with Crippen molar-refractivity contribution < 1.29 is 9.21 Å². The summed E-state index contributed by atoms with van der Waals surface area (Å²) in [4.78, 5) is 15.7. The number of hydrogen-bond acceptors (Lipinski definition) is 6. The standard InChI is InChI=1S/C21H18ClN5O2S/c1-13-25-26-21(27(13)18-8-4-7-17(10-18)24-14(2)28)30-12-20-23-11-19(29-20)15-5-3-6-16(22)9-15/h3-11H,12H2,1-2H3,(H,24,28). The van der Waals surface area contributed by atoms with Gasteiger partial charge in [-0.05, 0) is 37.3 Å². The van der Waals surface area contributed by atoms with E-state index in [-0.39, 0.29) is 5.91 Å². The van der Waals surface area contributed by atoms with Crippen LogP contribution in [-0.4, -0.2) is 25.7 Å². The lowest BCUT2D eigenvalue weighted by Crippen LogP contribution is -2.07. The number of amides is 1. The second-order valence-corrected chi connectivity index (χ2v) is 7.89. The maximum atomic E-state index is 11.4. The van der Waals surface area contributed by atoms with Crippen molar-refractivity contribution in [2.45, 2.75) is 24.8 Å². The van der Waals surface area contributed by atoms with Gasteiger partial charge in [-0.1, -0.05) is 41.6 Å². The summed E-state index contributed by atoms with van der Waals surface area (Å²) in [5.74, 6) is 2.35. The summed E-state index contributed by atoms with van der Waals surface area (Å²) in [7, 11) is 0. The number of nitrogens with zero attached hydrogens (tertiary/aromatic N) is 4. The molecule has 0 spiro atoms. The molecule has 0 atom stereocenters. The monoisotopic (exact) mass is 439 g/mol. The molecule has 0 aliphatic heterocycles. The highest BCUT2D eigenvalue weighted by Gasteiger charge is 2.14. The Morgan fingerprint density at radius 1 is 1.20 bits per heavy atom. The van der Waals surface area contributed by atoms with E-state index in [0.29, 0.717) is 33.3 Å². The second kappa shape index (κ2) is 8.73. The summed E-state index contributed by atoms with van der Waals surface area (Å²) in [5, 5.41) is 12.6. The predicted octanol–water partition coefficient (Wildman–Crippen LogP) is 5.13. The molecule has 0 radical (unpaired) electrons. The smallest absolute Gasteiger partial charge is 0.221 e. The van der Waals surface area contributed by atoms with E-state index in [4.69, 9.17) is 16.0 Å². The molecule has 0 bridgehead atoms. The number of hydrogen-bond donors (Lipinski definition) is 1. The minimum Gasteiger partial charge on any atom is -0.440 e. The first-order valence-electron chi connectivity index (χ1n) is 9.13. The van der Waals surface area contributed by atoms with Crippen molar-refractivity contribution in [3.63, 3.8) is 0 Å². The van der Waals surface area contributed by atoms with Gasteiger partial charge in [-0.25, -0.2) is 4.98 Å². The molecule has 1 N–H and O–H groups in total. The van der Waals surface area contributed by atoms with E-state index >= 15 is 0 Å². The number of rotatable bonds is 6. The molecule has 1 amide bonds. The Morgan fingerprint density at radius 3 is 2.83 bits per heavy atom. The SMILES string of the molecule is CC(=O)Nc1cccc(-n2c(C)nnc2SCc2ncc(-c3cccc(Cl)c3)o2)c1. The summed E-state index contributed by atoms with van der Waals surface area (Å²) in [6.45, 7) is 3.36. The number of aryl methyl sites for hydroxylation is 1. The van der Waals surface area contributed by atoms with E-state index in [0.717, 1.165) is 17.1 Å². The number of oxazole rings is 1. The third-order valence-corrected chi connectivity index (χ3v) is 5.36. The Hall–Kier alpha value is -3.10. The molecule has 0 saturated carbocycles. The number of aromatic nitrogens is 4. The van der Waals surface area contributed by atoms with Crippen LogP contribution in [0.15, 0.2) is 64.3 Å². The fraction of sp³-hybridized carbons (Fsp3) is 0.143. The van der Waals surface area contributed by atoms with E-state index in [2.05, 4.69) is 20.5 Å². The third kappa shape index (κ3) is 4.55. The first-order chi connectivity index (χ1) is 14.5. The molecule has 152 valence electrons. The normalized spacial score (nSPS) is 10.9. The van der Waals surface area contributed by atoms with E-state index in [9.17, 15) is 4.79 Å². The van der Waals surface area contributed by atoms with Gasteiger partial charge in [-0.2, -0.15) is 0 Å². The second-order valence-electron chi connectivity index (χ2n) is 6.51. The first kappa shape index (κ1) is 20.2. The fourth-order valence-electron chi connectivity index (χ4n) is 2.94. The molecule has 4 aromatic rings. The van der Waals surface area contributed by atoms with Gasteiger partial charge in [-0.3, -0.25) is 9.36 Å². The molecular weight excluding hydrogens is 422 g/mol. The average Bonchev–Trinajstić information content (AvgIpc) is 3.33. The zero-order valence-electron chi connectivity index (χ0n) is 16.3. The summed E-state index contributed by atoms with van der Waals surface area (Å²) < 4.78 is 7.79. The zero-order chi connectivity index (χ0) is 21.1. The summed E-state index contributed by atoms with van der Waals surface area (Å²) in [6, 6.07) is 15.0. The van der Waals surface area contributed by atoms with Crippen LogP contribution in [0.4, 0.5) is 5.69 Å². The van der Waals surface area contributed by atoms with Crippen LogP contribution in [0.2, 0.25) is 5.02 Å². The van der Waals surface area contributed by atoms with Crippen LogP contribution in [0, 0.1) is 6.92 Å². The highest BCUT2D eigenvalue weighted by atomic mass is 35.5. The van der Waals surface area contributed by atoms with Gasteiger partial charge in [0, 0.05) is 23.2 Å². The lowest BCUT2D eigenvalue weighted by atomic mass is 10.2. The van der Waals surface area contributed by atoms with Gasteiger partial charge in [0.05, 0.1) is 17.6 Å². The maximum absolute atomic E-state index is 11.4. The summed E-state index contributed by atoms with van der Waals surface area (Å²) in [6.07, 6.45) is 1.69. The van der Waals surface area contributed by atoms with Gasteiger partial charge in [0.15, 0.2) is 10.9 Å². The maximum Gasteiger partial charge on any atom is 0.221 e. The van der Waals surface area contributed by atoms with Gasteiger partial charge in [-0.15, -0.1) is 10.2 Å². The predicted molar refractivity (Wildman–Crippen MR) is 117 cm³/mol. The molecule has 9 heteroatoms. The van der Waals surface area contributed by atoms with Crippen molar-refractivity contribution in [3.8, 4) is 17.0 Å². The average molecular weight is 440 g/mol. The van der Waals surface area contributed by atoms with E-state index in [1.54, 1.807) is 6.20 Å². The molecule has 4 rings (SSSR count). The number of benzene rings is 2. The number of carbonyl (C=O) groups excluding carboxylic acids is 1. The van der Waals surface area contributed by atoms with Gasteiger partial charge >= 0.3 is 0 Å². The lowest BCUT2D eigenvalue weighted by Gasteiger charge is -2.10. The molecule has 0 unspecified atom stereocenters.